The Morgan fingerprint density at radius 3 is 2.76 bits per heavy atom. The van der Waals surface area contributed by atoms with E-state index >= 15 is 0 Å². The van der Waals surface area contributed by atoms with Crippen molar-refractivity contribution in [2.45, 2.75) is 45.1 Å². The first-order valence-electron chi connectivity index (χ1n) is 10.1. The molecular weight excluding hydrogens is 360 g/mol. The van der Waals surface area contributed by atoms with Gasteiger partial charge in [-0.05, 0) is 49.4 Å². The molecule has 1 aliphatic rings. The van der Waals surface area contributed by atoms with Crippen molar-refractivity contribution in [1.29, 1.82) is 0 Å². The largest absolute Gasteiger partial charge is 0.485 e. The molecule has 2 aromatic carbocycles. The fourth-order valence-corrected chi connectivity index (χ4v) is 4.02. The number of rotatable bonds is 7. The molecule has 148 valence electrons. The zero-order valence-corrected chi connectivity index (χ0v) is 16.8. The second-order valence-corrected chi connectivity index (χ2v) is 7.74. The lowest BCUT2D eigenvalue weighted by Gasteiger charge is -2.25. The summed E-state index contributed by atoms with van der Waals surface area (Å²) in [6.07, 6.45) is 7.20. The normalized spacial score (nSPS) is 14.3. The van der Waals surface area contributed by atoms with Crippen LogP contribution >= 0.6 is 0 Å². The number of aromatic nitrogens is 2. The summed E-state index contributed by atoms with van der Waals surface area (Å²) in [5.74, 6) is 1.95. The minimum absolute atomic E-state index is 0.177. The third kappa shape index (κ3) is 4.32. The minimum atomic E-state index is -0.177. The monoisotopic (exact) mass is 386 g/mol. The predicted octanol–water partition coefficient (Wildman–Crippen LogP) is 5.41. The number of nitrogens with one attached hydrogen (secondary N) is 1. The van der Waals surface area contributed by atoms with Gasteiger partial charge in [-0.25, -0.2) is 4.98 Å². The summed E-state index contributed by atoms with van der Waals surface area (Å²) < 4.78 is 6.59. The van der Waals surface area contributed by atoms with E-state index in [4.69, 9.17) is 4.74 Å². The van der Waals surface area contributed by atoms with E-state index in [-0.39, 0.29) is 11.9 Å². The van der Waals surface area contributed by atoms with Crippen molar-refractivity contribution in [1.82, 2.24) is 9.97 Å². The van der Waals surface area contributed by atoms with Gasteiger partial charge in [0.05, 0.1) is 0 Å². The van der Waals surface area contributed by atoms with E-state index in [0.717, 1.165) is 52.2 Å². The maximum atomic E-state index is 12.4. The van der Waals surface area contributed by atoms with E-state index in [1.165, 1.54) is 0 Å². The lowest BCUT2D eigenvalue weighted by Crippen LogP contribution is -2.17. The maximum Gasteiger partial charge on any atom is 0.163 e. The second-order valence-electron chi connectivity index (χ2n) is 7.74. The van der Waals surface area contributed by atoms with Crippen LogP contribution in [0.15, 0.2) is 67.0 Å². The van der Waals surface area contributed by atoms with Crippen molar-refractivity contribution in [3.05, 3.63) is 95.1 Å². The highest BCUT2D eigenvalue weighted by Gasteiger charge is 2.24. The van der Waals surface area contributed by atoms with Crippen LogP contribution in [0, 0.1) is 0 Å². The number of hydrogen-bond acceptors (Lipinski definition) is 3. The molecule has 1 N–H and O–H groups in total. The molecule has 1 heterocycles. The molecule has 0 fully saturated rings. The molecule has 0 radical (unpaired) electrons. The minimum Gasteiger partial charge on any atom is -0.485 e. The number of imidazole rings is 1. The molecule has 1 aliphatic carbocycles. The number of carbonyl (C=O) groups excluding carboxylic acids is 1. The van der Waals surface area contributed by atoms with Gasteiger partial charge < -0.3 is 9.72 Å². The van der Waals surface area contributed by atoms with E-state index in [0.29, 0.717) is 19.3 Å². The van der Waals surface area contributed by atoms with Gasteiger partial charge in [0.25, 0.3) is 0 Å². The number of hydrogen-bond donors (Lipinski definition) is 1. The number of allylic oxidation sites excluding steroid dienone is 1. The Bertz CT molecular complexity index is 1010. The van der Waals surface area contributed by atoms with Crippen molar-refractivity contribution in [3.8, 4) is 5.75 Å². The van der Waals surface area contributed by atoms with Gasteiger partial charge >= 0.3 is 0 Å². The lowest BCUT2D eigenvalue weighted by molar-refractivity contribution is 0.0972. The van der Waals surface area contributed by atoms with Crippen LogP contribution in [0.5, 0.6) is 5.75 Å². The zero-order chi connectivity index (χ0) is 20.2. The fraction of sp³-hybridized carbons (Fsp3) is 0.280. The number of H-pyrrole nitrogens is 1. The lowest BCUT2D eigenvalue weighted by atomic mass is 9.85. The average molecular weight is 386 g/mol. The summed E-state index contributed by atoms with van der Waals surface area (Å²) in [6, 6.07) is 14.1. The highest BCUT2D eigenvalue weighted by Crippen LogP contribution is 2.35. The van der Waals surface area contributed by atoms with Gasteiger partial charge in [-0.15, -0.1) is 0 Å². The topological polar surface area (TPSA) is 55.0 Å². The van der Waals surface area contributed by atoms with Crippen LogP contribution in [0.1, 0.15) is 58.7 Å². The molecule has 0 saturated heterocycles. The molecule has 29 heavy (non-hydrogen) atoms. The van der Waals surface area contributed by atoms with Gasteiger partial charge in [0.1, 0.15) is 17.7 Å². The number of benzene rings is 2. The molecule has 0 aliphatic heterocycles. The summed E-state index contributed by atoms with van der Waals surface area (Å²) in [7, 11) is 0. The van der Waals surface area contributed by atoms with E-state index < -0.39 is 0 Å². The summed E-state index contributed by atoms with van der Waals surface area (Å²) in [5, 5.41) is 0. The first kappa shape index (κ1) is 19.2. The van der Waals surface area contributed by atoms with Gasteiger partial charge in [-0.2, -0.15) is 0 Å². The number of carbonyl (C=O) groups is 1. The van der Waals surface area contributed by atoms with Crippen LogP contribution in [0.3, 0.4) is 0 Å². The molecule has 4 rings (SSSR count). The smallest absolute Gasteiger partial charge is 0.163 e. The van der Waals surface area contributed by atoms with E-state index in [1.54, 1.807) is 6.20 Å². The van der Waals surface area contributed by atoms with Crippen molar-refractivity contribution in [2.24, 2.45) is 0 Å². The molecule has 3 aromatic rings. The Hall–Kier alpha value is -3.14. The Labute approximate surface area is 171 Å². The van der Waals surface area contributed by atoms with Crippen molar-refractivity contribution >= 4 is 5.78 Å². The number of ether oxygens (including phenoxy) is 1. The Balaban J connectivity index is 1.73. The third-order valence-corrected chi connectivity index (χ3v) is 5.37. The number of nitrogens with zero attached hydrogens (tertiary/aromatic N) is 1. The molecule has 0 amide bonds. The SMILES string of the molecule is C=C(C)Cc1c(O[C@@H](Cc2ncc[nH]2)c2ccccc2)ccc2c1CCCC2=O. The van der Waals surface area contributed by atoms with Crippen molar-refractivity contribution in [3.63, 3.8) is 0 Å². The molecule has 4 heteroatoms. The van der Waals surface area contributed by atoms with Crippen molar-refractivity contribution < 1.29 is 9.53 Å². The summed E-state index contributed by atoms with van der Waals surface area (Å²) in [4.78, 5) is 20.0. The van der Waals surface area contributed by atoms with Gasteiger partial charge in [0.2, 0.25) is 0 Å². The number of fused-ring (bicyclic) bond motifs is 1. The third-order valence-electron chi connectivity index (χ3n) is 5.37. The van der Waals surface area contributed by atoms with Crippen LogP contribution in [0.4, 0.5) is 0 Å². The molecular formula is C25H26N2O2. The Kier molecular flexibility index (Phi) is 5.61. The Morgan fingerprint density at radius 2 is 2.03 bits per heavy atom. The molecule has 0 saturated carbocycles. The van der Waals surface area contributed by atoms with Gasteiger partial charge in [0, 0.05) is 36.4 Å². The second kappa shape index (κ2) is 8.48. The zero-order valence-electron chi connectivity index (χ0n) is 16.8. The molecule has 1 atom stereocenters. The fourth-order valence-electron chi connectivity index (χ4n) is 4.02. The Morgan fingerprint density at radius 1 is 1.21 bits per heavy atom. The molecule has 4 nitrogen and oxygen atoms in total. The highest BCUT2D eigenvalue weighted by molar-refractivity contribution is 5.99. The summed E-state index contributed by atoms with van der Waals surface area (Å²) in [5.41, 5.74) is 5.24. The summed E-state index contributed by atoms with van der Waals surface area (Å²) in [6.45, 7) is 6.12. The first-order valence-corrected chi connectivity index (χ1v) is 10.1. The standard InChI is InChI=1S/C25H26N2O2/c1-17(2)15-21-19-9-6-10-22(28)20(19)11-12-23(21)29-24(16-25-26-13-14-27-25)18-7-4-3-5-8-18/h3-5,7-8,11-14,24H,1,6,9-10,15-16H2,2H3,(H,26,27)/t24-/m0/s1. The predicted molar refractivity (Wildman–Crippen MR) is 114 cm³/mol. The van der Waals surface area contributed by atoms with Crippen LogP contribution in [0.25, 0.3) is 0 Å². The van der Waals surface area contributed by atoms with E-state index in [2.05, 4.69) is 28.7 Å². The summed E-state index contributed by atoms with van der Waals surface area (Å²) >= 11 is 0. The van der Waals surface area contributed by atoms with Gasteiger partial charge in [-0.3, -0.25) is 4.79 Å². The van der Waals surface area contributed by atoms with Crippen LogP contribution < -0.4 is 4.74 Å². The molecule has 0 bridgehead atoms. The van der Waals surface area contributed by atoms with E-state index in [1.807, 2.05) is 43.5 Å². The number of ketones is 1. The molecule has 1 aromatic heterocycles. The van der Waals surface area contributed by atoms with Crippen molar-refractivity contribution in [2.75, 3.05) is 0 Å². The quantitative estimate of drug-likeness (QED) is 0.552. The van der Waals surface area contributed by atoms with Crippen LogP contribution in [0.2, 0.25) is 0 Å². The molecule has 0 unspecified atom stereocenters. The van der Waals surface area contributed by atoms with E-state index in [9.17, 15) is 4.79 Å². The van der Waals surface area contributed by atoms with Crippen LogP contribution in [-0.4, -0.2) is 15.8 Å². The van der Waals surface area contributed by atoms with Gasteiger partial charge in [-0.1, -0.05) is 42.5 Å². The maximum absolute atomic E-state index is 12.4. The first-order chi connectivity index (χ1) is 14.1. The number of aromatic amines is 1. The van der Waals surface area contributed by atoms with Gasteiger partial charge in [0.15, 0.2) is 5.78 Å². The number of Topliss-reactive ketones (excluding diaryl/α,β-unsaturated/α-hetero) is 1. The molecule has 0 spiro atoms. The van der Waals surface area contributed by atoms with Crippen LogP contribution in [-0.2, 0) is 19.3 Å². The average Bonchev–Trinajstić information content (AvgIpc) is 3.23. The highest BCUT2D eigenvalue weighted by atomic mass is 16.5.